The maximum absolute atomic E-state index is 11.4. The molecule has 0 N–H and O–H groups in total. The van der Waals surface area contributed by atoms with E-state index >= 15 is 0 Å². The number of ether oxygens (including phenoxy) is 1. The summed E-state index contributed by atoms with van der Waals surface area (Å²) >= 11 is 0. The molecule has 2 aliphatic rings. The van der Waals surface area contributed by atoms with Crippen LogP contribution in [0.2, 0.25) is 0 Å². The number of benzene rings is 2. The summed E-state index contributed by atoms with van der Waals surface area (Å²) in [6.07, 6.45) is 3.30. The van der Waals surface area contributed by atoms with Crippen LogP contribution in [0.1, 0.15) is 37.3 Å². The van der Waals surface area contributed by atoms with Gasteiger partial charge in [-0.2, -0.15) is 0 Å². The highest BCUT2D eigenvalue weighted by Gasteiger charge is 2.41. The van der Waals surface area contributed by atoms with Crippen molar-refractivity contribution in [3.8, 4) is 0 Å². The molecule has 28 heavy (non-hydrogen) atoms. The smallest absolute Gasteiger partial charge is 0.302 e. The van der Waals surface area contributed by atoms with Gasteiger partial charge in [-0.3, -0.25) is 14.6 Å². The van der Waals surface area contributed by atoms with Crippen molar-refractivity contribution in [1.29, 1.82) is 0 Å². The van der Waals surface area contributed by atoms with Crippen molar-refractivity contribution in [1.82, 2.24) is 9.80 Å². The fraction of sp³-hybridized carbons (Fsp3) is 0.458. The van der Waals surface area contributed by atoms with Crippen LogP contribution in [0.3, 0.4) is 0 Å². The molecule has 0 bridgehead atoms. The predicted octanol–water partition coefficient (Wildman–Crippen LogP) is 3.86. The molecule has 0 saturated carbocycles. The van der Waals surface area contributed by atoms with Crippen molar-refractivity contribution in [3.63, 3.8) is 0 Å². The highest BCUT2D eigenvalue weighted by Crippen LogP contribution is 2.32. The van der Waals surface area contributed by atoms with Gasteiger partial charge in [0.05, 0.1) is 0 Å². The van der Waals surface area contributed by atoms with E-state index < -0.39 is 0 Å². The zero-order chi connectivity index (χ0) is 19.3. The van der Waals surface area contributed by atoms with Crippen LogP contribution < -0.4 is 0 Å². The number of carbonyl (C=O) groups excluding carboxylic acids is 1. The first-order valence-electron chi connectivity index (χ1n) is 10.4. The number of hydrogen-bond acceptors (Lipinski definition) is 4. The largest absolute Gasteiger partial charge is 0.461 e. The number of fused-ring (bicyclic) bond motifs is 1. The van der Waals surface area contributed by atoms with E-state index in [4.69, 9.17) is 4.74 Å². The molecular weight excluding hydrogens is 348 g/mol. The van der Waals surface area contributed by atoms with E-state index in [1.807, 2.05) is 0 Å². The quantitative estimate of drug-likeness (QED) is 0.715. The van der Waals surface area contributed by atoms with Crippen LogP contribution in [-0.2, 0) is 22.6 Å². The molecule has 2 fully saturated rings. The van der Waals surface area contributed by atoms with Crippen LogP contribution in [0.15, 0.2) is 60.7 Å². The number of piperidine rings is 1. The Kier molecular flexibility index (Phi) is 6.08. The minimum absolute atomic E-state index is 0.0788. The highest BCUT2D eigenvalue weighted by molar-refractivity contribution is 5.66. The van der Waals surface area contributed by atoms with Crippen LogP contribution in [-0.4, -0.2) is 47.0 Å². The SMILES string of the molecule is CC(=O)O[C@H]1CCN2C[C@@H](N(Cc3ccccc3)Cc3ccccc3)CC[C@H]12. The van der Waals surface area contributed by atoms with E-state index in [1.165, 1.54) is 18.1 Å². The molecule has 2 aromatic carbocycles. The molecule has 0 unspecified atom stereocenters. The monoisotopic (exact) mass is 378 g/mol. The van der Waals surface area contributed by atoms with Gasteiger partial charge in [-0.1, -0.05) is 60.7 Å². The number of carbonyl (C=O) groups is 1. The molecule has 0 aromatic heterocycles. The fourth-order valence-electron chi connectivity index (χ4n) is 4.81. The average Bonchev–Trinajstić information content (AvgIpc) is 3.10. The van der Waals surface area contributed by atoms with Crippen molar-refractivity contribution < 1.29 is 9.53 Å². The summed E-state index contributed by atoms with van der Waals surface area (Å²) in [6.45, 7) is 5.54. The van der Waals surface area contributed by atoms with Crippen LogP contribution >= 0.6 is 0 Å². The molecule has 148 valence electrons. The molecule has 0 spiro atoms. The van der Waals surface area contributed by atoms with Crippen molar-refractivity contribution >= 4 is 5.97 Å². The van der Waals surface area contributed by atoms with E-state index in [0.717, 1.165) is 45.4 Å². The maximum Gasteiger partial charge on any atom is 0.302 e. The van der Waals surface area contributed by atoms with Crippen LogP contribution in [0.4, 0.5) is 0 Å². The second-order valence-corrected chi connectivity index (χ2v) is 8.11. The van der Waals surface area contributed by atoms with Gasteiger partial charge >= 0.3 is 5.97 Å². The number of nitrogens with zero attached hydrogens (tertiary/aromatic N) is 2. The van der Waals surface area contributed by atoms with Gasteiger partial charge in [-0.25, -0.2) is 0 Å². The standard InChI is InChI=1S/C24H30N2O2/c1-19(27)28-24-14-15-25-18-22(12-13-23(24)25)26(16-20-8-4-2-5-9-20)17-21-10-6-3-7-11-21/h2-11,22-24H,12-18H2,1H3/t22-,23+,24-/m0/s1. The third kappa shape index (κ3) is 4.62. The molecule has 2 saturated heterocycles. The zero-order valence-electron chi connectivity index (χ0n) is 16.7. The lowest BCUT2D eigenvalue weighted by Crippen LogP contribution is -2.51. The summed E-state index contributed by atoms with van der Waals surface area (Å²) in [4.78, 5) is 16.6. The zero-order valence-corrected chi connectivity index (χ0v) is 16.7. The van der Waals surface area contributed by atoms with Gasteiger partial charge in [0.25, 0.3) is 0 Å². The van der Waals surface area contributed by atoms with Crippen molar-refractivity contribution in [3.05, 3.63) is 71.8 Å². The lowest BCUT2D eigenvalue weighted by molar-refractivity contribution is -0.148. The Balaban J connectivity index is 1.47. The summed E-state index contributed by atoms with van der Waals surface area (Å²) in [5, 5.41) is 0. The molecule has 0 aliphatic carbocycles. The first-order valence-corrected chi connectivity index (χ1v) is 10.4. The van der Waals surface area contributed by atoms with Crippen molar-refractivity contribution in [2.75, 3.05) is 13.1 Å². The third-order valence-corrected chi connectivity index (χ3v) is 6.13. The topological polar surface area (TPSA) is 32.8 Å². The van der Waals surface area contributed by atoms with E-state index in [9.17, 15) is 4.79 Å². The molecule has 4 heteroatoms. The Hall–Kier alpha value is -2.17. The molecule has 2 aromatic rings. The molecule has 2 aliphatic heterocycles. The third-order valence-electron chi connectivity index (χ3n) is 6.13. The van der Waals surface area contributed by atoms with Gasteiger partial charge in [0, 0.05) is 45.2 Å². The summed E-state index contributed by atoms with van der Waals surface area (Å²) in [7, 11) is 0. The molecule has 2 heterocycles. The number of rotatable bonds is 6. The lowest BCUT2D eigenvalue weighted by Gasteiger charge is -2.42. The molecular formula is C24H30N2O2. The van der Waals surface area contributed by atoms with Gasteiger partial charge in [0.15, 0.2) is 0 Å². The highest BCUT2D eigenvalue weighted by atomic mass is 16.5. The van der Waals surface area contributed by atoms with Crippen molar-refractivity contribution in [2.24, 2.45) is 0 Å². The maximum atomic E-state index is 11.4. The summed E-state index contributed by atoms with van der Waals surface area (Å²) in [5.74, 6) is -0.149. The number of esters is 1. The Morgan fingerprint density at radius 2 is 1.57 bits per heavy atom. The Morgan fingerprint density at radius 1 is 0.964 bits per heavy atom. The Bertz CT molecular complexity index is 723. The minimum Gasteiger partial charge on any atom is -0.461 e. The minimum atomic E-state index is -0.149. The van der Waals surface area contributed by atoms with E-state index in [-0.39, 0.29) is 12.1 Å². The van der Waals surface area contributed by atoms with Crippen LogP contribution in [0.25, 0.3) is 0 Å². The first-order chi connectivity index (χ1) is 13.7. The molecule has 0 radical (unpaired) electrons. The Labute approximate surface area is 168 Å². The molecule has 4 rings (SSSR count). The van der Waals surface area contributed by atoms with E-state index in [2.05, 4.69) is 70.5 Å². The second-order valence-electron chi connectivity index (χ2n) is 8.11. The summed E-state index contributed by atoms with van der Waals surface area (Å²) in [5.41, 5.74) is 2.72. The normalized spacial score (nSPS) is 24.9. The number of hydrogen-bond donors (Lipinski definition) is 0. The van der Waals surface area contributed by atoms with Gasteiger partial charge in [0.2, 0.25) is 0 Å². The molecule has 0 amide bonds. The first kappa shape index (κ1) is 19.2. The summed E-state index contributed by atoms with van der Waals surface area (Å²) < 4.78 is 5.57. The average molecular weight is 379 g/mol. The predicted molar refractivity (Wildman–Crippen MR) is 111 cm³/mol. The van der Waals surface area contributed by atoms with Gasteiger partial charge < -0.3 is 4.74 Å². The molecule has 3 atom stereocenters. The fourth-order valence-corrected chi connectivity index (χ4v) is 4.81. The van der Waals surface area contributed by atoms with E-state index in [0.29, 0.717) is 12.1 Å². The Morgan fingerprint density at radius 3 is 2.14 bits per heavy atom. The van der Waals surface area contributed by atoms with Crippen LogP contribution in [0, 0.1) is 0 Å². The van der Waals surface area contributed by atoms with E-state index in [1.54, 1.807) is 0 Å². The van der Waals surface area contributed by atoms with Crippen LogP contribution in [0.5, 0.6) is 0 Å². The molecule has 4 nitrogen and oxygen atoms in total. The summed E-state index contributed by atoms with van der Waals surface area (Å²) in [6, 6.07) is 22.4. The van der Waals surface area contributed by atoms with Gasteiger partial charge in [-0.15, -0.1) is 0 Å². The van der Waals surface area contributed by atoms with Gasteiger partial charge in [0.1, 0.15) is 6.10 Å². The van der Waals surface area contributed by atoms with Crippen molar-refractivity contribution in [2.45, 2.75) is 57.5 Å². The van der Waals surface area contributed by atoms with Gasteiger partial charge in [-0.05, 0) is 30.4 Å². The second kappa shape index (κ2) is 8.89. The lowest BCUT2D eigenvalue weighted by atomic mass is 9.95.